The molecule has 9 nitrogen and oxygen atoms in total. The van der Waals surface area contributed by atoms with Gasteiger partial charge in [-0.1, -0.05) is 12.1 Å². The molecule has 1 saturated heterocycles. The van der Waals surface area contributed by atoms with Crippen LogP contribution in [0.1, 0.15) is 22.5 Å². The van der Waals surface area contributed by atoms with Gasteiger partial charge in [-0.05, 0) is 37.3 Å². The molecule has 168 valence electrons. The Morgan fingerprint density at radius 1 is 1.16 bits per heavy atom. The van der Waals surface area contributed by atoms with Gasteiger partial charge in [-0.15, -0.1) is 11.3 Å². The highest BCUT2D eigenvalue weighted by Gasteiger charge is 2.32. The van der Waals surface area contributed by atoms with Crippen molar-refractivity contribution in [1.29, 1.82) is 0 Å². The number of rotatable bonds is 6. The van der Waals surface area contributed by atoms with Gasteiger partial charge in [0.1, 0.15) is 5.01 Å². The number of nitrogens with zero attached hydrogens (tertiary/aromatic N) is 3. The van der Waals surface area contributed by atoms with Crippen molar-refractivity contribution in [3.05, 3.63) is 53.2 Å². The second-order valence-corrected chi connectivity index (χ2v) is 9.85. The number of hydrogen-bond donors (Lipinski definition) is 0. The van der Waals surface area contributed by atoms with Gasteiger partial charge in [-0.25, -0.2) is 18.2 Å². The van der Waals surface area contributed by atoms with Crippen molar-refractivity contribution < 1.29 is 27.2 Å². The molecule has 1 fully saturated rings. The predicted octanol–water partition coefficient (Wildman–Crippen LogP) is 2.61. The minimum atomic E-state index is -3.91. The van der Waals surface area contributed by atoms with Crippen molar-refractivity contribution in [3.8, 4) is 0 Å². The van der Waals surface area contributed by atoms with Crippen LogP contribution in [0.4, 0.5) is 0 Å². The molecule has 3 heterocycles. The van der Waals surface area contributed by atoms with Crippen molar-refractivity contribution in [2.45, 2.75) is 12.0 Å². The van der Waals surface area contributed by atoms with E-state index in [-0.39, 0.29) is 49.5 Å². The van der Waals surface area contributed by atoms with Crippen LogP contribution in [-0.4, -0.2) is 67.3 Å². The van der Waals surface area contributed by atoms with Crippen LogP contribution in [-0.2, 0) is 19.6 Å². The van der Waals surface area contributed by atoms with Gasteiger partial charge in [0, 0.05) is 32.3 Å². The maximum Gasteiger partial charge on any atom is 0.374 e. The third kappa shape index (κ3) is 4.59. The molecule has 4 rings (SSSR count). The number of thiazole rings is 1. The Morgan fingerprint density at radius 3 is 2.62 bits per heavy atom. The quantitative estimate of drug-likeness (QED) is 0.398. The number of aromatic nitrogens is 1. The van der Waals surface area contributed by atoms with E-state index in [1.165, 1.54) is 33.9 Å². The number of ether oxygens (including phenoxy) is 1. The highest BCUT2D eigenvalue weighted by molar-refractivity contribution is 7.89. The van der Waals surface area contributed by atoms with E-state index in [0.29, 0.717) is 0 Å². The van der Waals surface area contributed by atoms with E-state index in [1.807, 2.05) is 24.3 Å². The van der Waals surface area contributed by atoms with E-state index in [9.17, 15) is 18.0 Å². The van der Waals surface area contributed by atoms with Crippen LogP contribution in [0.3, 0.4) is 0 Å². The number of piperazine rings is 1. The van der Waals surface area contributed by atoms with Crippen LogP contribution in [0.15, 0.2) is 52.0 Å². The lowest BCUT2D eigenvalue weighted by molar-refractivity contribution is -0.127. The van der Waals surface area contributed by atoms with Crippen LogP contribution < -0.4 is 0 Å². The lowest BCUT2D eigenvalue weighted by Gasteiger charge is -2.32. The van der Waals surface area contributed by atoms with Gasteiger partial charge >= 0.3 is 5.97 Å². The number of sulfonamides is 1. The zero-order valence-corrected chi connectivity index (χ0v) is 18.9. The minimum absolute atomic E-state index is 0.124. The highest BCUT2D eigenvalue weighted by Crippen LogP contribution is 2.23. The molecule has 32 heavy (non-hydrogen) atoms. The van der Waals surface area contributed by atoms with E-state index in [4.69, 9.17) is 9.15 Å². The van der Waals surface area contributed by atoms with E-state index >= 15 is 0 Å². The zero-order valence-electron chi connectivity index (χ0n) is 17.3. The first-order valence-corrected chi connectivity index (χ1v) is 12.2. The Kier molecular flexibility index (Phi) is 6.40. The molecule has 0 N–H and O–H groups in total. The van der Waals surface area contributed by atoms with Crippen LogP contribution in [0.2, 0.25) is 0 Å². The van der Waals surface area contributed by atoms with Crippen molar-refractivity contribution >= 4 is 49.5 Å². The Balaban J connectivity index is 1.36. The average molecular weight is 476 g/mol. The summed E-state index contributed by atoms with van der Waals surface area (Å²) in [5.41, 5.74) is 0.882. The molecule has 2 aromatic heterocycles. The summed E-state index contributed by atoms with van der Waals surface area (Å²) in [5, 5.41) is 0.409. The normalized spacial score (nSPS) is 15.5. The van der Waals surface area contributed by atoms with Gasteiger partial charge in [0.2, 0.25) is 16.8 Å². The van der Waals surface area contributed by atoms with Crippen LogP contribution >= 0.6 is 11.3 Å². The lowest BCUT2D eigenvalue weighted by Crippen LogP contribution is -2.50. The molecule has 0 bridgehead atoms. The molecule has 1 aromatic carbocycles. The first kappa shape index (κ1) is 22.2. The molecule has 1 amide bonds. The number of para-hydroxylation sites is 1. The summed E-state index contributed by atoms with van der Waals surface area (Å²) in [5.74, 6) is -1.09. The molecule has 0 spiro atoms. The monoisotopic (exact) mass is 475 g/mol. The van der Waals surface area contributed by atoms with E-state index in [0.717, 1.165) is 15.2 Å². The first-order valence-electron chi connectivity index (χ1n) is 9.98. The van der Waals surface area contributed by atoms with Crippen LogP contribution in [0.25, 0.3) is 16.3 Å². The molecule has 1 aliphatic heterocycles. The summed E-state index contributed by atoms with van der Waals surface area (Å²) in [6.07, 6.45) is 3.13. The van der Waals surface area contributed by atoms with E-state index < -0.39 is 16.0 Å². The van der Waals surface area contributed by atoms with Crippen molar-refractivity contribution in [2.75, 3.05) is 32.8 Å². The standard InChI is InChI=1S/C21H21N3O6S2/c1-2-29-21(26)16-7-10-20(30-16)32(27,28)24-13-11-23(12-14-24)19(25)9-8-18-22-15-5-3-4-6-17(15)31-18/h3-10H,2,11-14H2,1H3/b9-8+. The lowest BCUT2D eigenvalue weighted by atomic mass is 10.3. The van der Waals surface area contributed by atoms with Gasteiger partial charge < -0.3 is 14.1 Å². The first-order chi connectivity index (χ1) is 15.4. The molecule has 0 unspecified atom stereocenters. The number of carbonyl (C=O) groups excluding carboxylic acids is 2. The number of fused-ring (bicyclic) bond motifs is 1. The fourth-order valence-corrected chi connectivity index (χ4v) is 5.46. The van der Waals surface area contributed by atoms with Gasteiger partial charge in [0.15, 0.2) is 0 Å². The second kappa shape index (κ2) is 9.23. The smallest absolute Gasteiger partial charge is 0.374 e. The number of furan rings is 1. The summed E-state index contributed by atoms with van der Waals surface area (Å²) in [6, 6.07) is 10.2. The summed E-state index contributed by atoms with van der Waals surface area (Å²) in [4.78, 5) is 30.3. The molecule has 1 aliphatic rings. The minimum Gasteiger partial charge on any atom is -0.460 e. The summed E-state index contributed by atoms with van der Waals surface area (Å²) < 4.78 is 37.9. The van der Waals surface area contributed by atoms with Gasteiger partial charge in [0.25, 0.3) is 10.0 Å². The molecule has 0 radical (unpaired) electrons. The maximum atomic E-state index is 12.8. The summed E-state index contributed by atoms with van der Waals surface area (Å²) in [7, 11) is -3.91. The van der Waals surface area contributed by atoms with E-state index in [2.05, 4.69) is 4.98 Å². The largest absolute Gasteiger partial charge is 0.460 e. The molecular weight excluding hydrogens is 454 g/mol. The third-order valence-electron chi connectivity index (χ3n) is 4.88. The highest BCUT2D eigenvalue weighted by atomic mass is 32.2. The molecule has 0 atom stereocenters. The number of hydrogen-bond acceptors (Lipinski definition) is 8. The topological polar surface area (TPSA) is 110 Å². The fourth-order valence-electron chi connectivity index (χ4n) is 3.26. The van der Waals surface area contributed by atoms with Crippen LogP contribution in [0.5, 0.6) is 0 Å². The molecule has 0 aliphatic carbocycles. The number of benzene rings is 1. The Hall–Kier alpha value is -3.02. The van der Waals surface area contributed by atoms with Gasteiger partial charge in [-0.3, -0.25) is 4.79 Å². The van der Waals surface area contributed by atoms with Gasteiger partial charge in [0.05, 0.1) is 16.8 Å². The van der Waals surface area contributed by atoms with Crippen molar-refractivity contribution in [2.24, 2.45) is 0 Å². The number of esters is 1. The molecule has 0 saturated carbocycles. The molecule has 3 aromatic rings. The summed E-state index contributed by atoms with van der Waals surface area (Å²) in [6.45, 7) is 2.54. The summed E-state index contributed by atoms with van der Waals surface area (Å²) >= 11 is 1.49. The maximum absolute atomic E-state index is 12.8. The Morgan fingerprint density at radius 2 is 1.91 bits per heavy atom. The predicted molar refractivity (Wildman–Crippen MR) is 119 cm³/mol. The average Bonchev–Trinajstić information content (AvgIpc) is 3.45. The number of carbonyl (C=O) groups is 2. The molecule has 11 heteroatoms. The Labute approximate surface area is 188 Å². The Bertz CT molecular complexity index is 1240. The zero-order chi connectivity index (χ0) is 22.7. The van der Waals surface area contributed by atoms with Crippen LogP contribution in [0, 0.1) is 0 Å². The molecular formula is C21H21N3O6S2. The van der Waals surface area contributed by atoms with E-state index in [1.54, 1.807) is 17.9 Å². The van der Waals surface area contributed by atoms with Gasteiger partial charge in [-0.2, -0.15) is 4.31 Å². The SMILES string of the molecule is CCOC(=O)c1ccc(S(=O)(=O)N2CCN(C(=O)/C=C/c3nc4ccccc4s3)CC2)o1. The number of amides is 1. The van der Waals surface area contributed by atoms with Crippen molar-refractivity contribution in [1.82, 2.24) is 14.2 Å². The fraction of sp³-hybridized carbons (Fsp3) is 0.286. The van der Waals surface area contributed by atoms with Crippen molar-refractivity contribution in [3.63, 3.8) is 0 Å². The second-order valence-electron chi connectivity index (χ2n) is 6.92. The third-order valence-corrected chi connectivity index (χ3v) is 7.66.